The van der Waals surface area contributed by atoms with Crippen molar-refractivity contribution in [1.29, 1.82) is 0 Å². The molecule has 0 saturated heterocycles. The summed E-state index contributed by atoms with van der Waals surface area (Å²) in [6.07, 6.45) is 1.79. The monoisotopic (exact) mass is 330 g/mol. The predicted octanol–water partition coefficient (Wildman–Crippen LogP) is 2.96. The molecule has 0 unspecified atom stereocenters. The van der Waals surface area contributed by atoms with Crippen LogP contribution in [0.4, 0.5) is 0 Å². The van der Waals surface area contributed by atoms with E-state index in [-0.39, 0.29) is 0 Å². The zero-order valence-corrected chi connectivity index (χ0v) is 12.7. The minimum Gasteiger partial charge on any atom is -0.361 e. The summed E-state index contributed by atoms with van der Waals surface area (Å²) in [6.45, 7) is 4.62. The lowest BCUT2D eigenvalue weighted by molar-refractivity contribution is 0.445. The smallest absolute Gasteiger partial charge is 0.243 e. The number of hydrogen-bond donors (Lipinski definition) is 1. The number of benzene rings is 1. The number of aromatic amines is 1. The number of nitrogens with one attached hydrogen (secondary N) is 1. The number of sulfonamides is 1. The first-order valence-electron chi connectivity index (χ1n) is 5.77. The highest BCUT2D eigenvalue weighted by molar-refractivity contribution is 9.10. The van der Waals surface area contributed by atoms with E-state index < -0.39 is 10.0 Å². The Hall–Kier alpha value is -0.850. The second-order valence-corrected chi connectivity index (χ2v) is 6.73. The van der Waals surface area contributed by atoms with Gasteiger partial charge in [0.2, 0.25) is 10.0 Å². The van der Waals surface area contributed by atoms with Crippen molar-refractivity contribution in [3.05, 3.63) is 28.9 Å². The molecule has 0 radical (unpaired) electrons. The van der Waals surface area contributed by atoms with Gasteiger partial charge in [-0.05, 0) is 18.2 Å². The predicted molar refractivity (Wildman–Crippen MR) is 76.1 cm³/mol. The van der Waals surface area contributed by atoms with Crippen molar-refractivity contribution in [2.75, 3.05) is 13.1 Å². The van der Waals surface area contributed by atoms with Crippen LogP contribution in [0.1, 0.15) is 13.8 Å². The third kappa shape index (κ3) is 2.20. The van der Waals surface area contributed by atoms with Crippen LogP contribution >= 0.6 is 15.9 Å². The van der Waals surface area contributed by atoms with E-state index in [1.54, 1.807) is 18.3 Å². The Bertz CT molecular complexity index is 660. The Morgan fingerprint density at radius 1 is 1.28 bits per heavy atom. The quantitative estimate of drug-likeness (QED) is 0.936. The van der Waals surface area contributed by atoms with Crippen molar-refractivity contribution in [3.8, 4) is 0 Å². The van der Waals surface area contributed by atoms with Gasteiger partial charge in [0.25, 0.3) is 0 Å². The van der Waals surface area contributed by atoms with Crippen molar-refractivity contribution in [2.24, 2.45) is 0 Å². The van der Waals surface area contributed by atoms with E-state index in [4.69, 9.17) is 0 Å². The summed E-state index contributed by atoms with van der Waals surface area (Å²) in [5.74, 6) is 0. The Kier molecular flexibility index (Phi) is 3.79. The molecule has 6 heteroatoms. The average Bonchev–Trinajstić information content (AvgIpc) is 2.78. The summed E-state index contributed by atoms with van der Waals surface area (Å²) < 4.78 is 27.0. The molecule has 4 nitrogen and oxygen atoms in total. The number of halogens is 1. The van der Waals surface area contributed by atoms with E-state index >= 15 is 0 Å². The minimum absolute atomic E-state index is 0.313. The van der Waals surface area contributed by atoms with E-state index in [0.717, 1.165) is 15.4 Å². The summed E-state index contributed by atoms with van der Waals surface area (Å²) in [6, 6.07) is 5.24. The van der Waals surface area contributed by atoms with Crippen LogP contribution in [0.3, 0.4) is 0 Å². The molecule has 1 N–H and O–H groups in total. The zero-order chi connectivity index (χ0) is 13.3. The van der Waals surface area contributed by atoms with Gasteiger partial charge in [-0.2, -0.15) is 4.31 Å². The third-order valence-electron chi connectivity index (χ3n) is 2.94. The van der Waals surface area contributed by atoms with Crippen LogP contribution < -0.4 is 0 Å². The SMILES string of the molecule is CCN(CC)S(=O)(=O)c1cc(Br)c2cc[nH]c2c1. The maximum atomic E-state index is 12.4. The van der Waals surface area contributed by atoms with E-state index in [0.29, 0.717) is 18.0 Å². The van der Waals surface area contributed by atoms with Crippen LogP contribution in [-0.4, -0.2) is 30.8 Å². The fourth-order valence-corrected chi connectivity index (χ4v) is 4.21. The molecular formula is C12H15BrN2O2S. The van der Waals surface area contributed by atoms with Crippen LogP contribution in [0.15, 0.2) is 33.8 Å². The maximum absolute atomic E-state index is 12.4. The molecule has 0 saturated carbocycles. The Morgan fingerprint density at radius 3 is 2.56 bits per heavy atom. The van der Waals surface area contributed by atoms with Gasteiger partial charge in [-0.15, -0.1) is 0 Å². The van der Waals surface area contributed by atoms with Gasteiger partial charge in [-0.25, -0.2) is 8.42 Å². The molecule has 98 valence electrons. The van der Waals surface area contributed by atoms with E-state index in [9.17, 15) is 8.42 Å². The lowest BCUT2D eigenvalue weighted by Gasteiger charge is -2.18. The summed E-state index contributed by atoms with van der Waals surface area (Å²) in [5, 5.41) is 0.980. The van der Waals surface area contributed by atoms with Crippen molar-refractivity contribution in [3.63, 3.8) is 0 Å². The Balaban J connectivity index is 2.60. The van der Waals surface area contributed by atoms with Crippen LogP contribution in [0.2, 0.25) is 0 Å². The van der Waals surface area contributed by atoms with E-state index in [1.165, 1.54) is 4.31 Å². The molecule has 2 rings (SSSR count). The molecule has 0 spiro atoms. The number of fused-ring (bicyclic) bond motifs is 1. The molecule has 2 aromatic rings. The van der Waals surface area contributed by atoms with Gasteiger partial charge < -0.3 is 4.98 Å². The molecule has 1 aromatic carbocycles. The van der Waals surface area contributed by atoms with Gasteiger partial charge >= 0.3 is 0 Å². The van der Waals surface area contributed by atoms with E-state index in [2.05, 4.69) is 20.9 Å². The third-order valence-corrected chi connectivity index (χ3v) is 5.62. The summed E-state index contributed by atoms with van der Waals surface area (Å²) in [4.78, 5) is 3.35. The number of H-pyrrole nitrogens is 1. The maximum Gasteiger partial charge on any atom is 0.243 e. The van der Waals surface area contributed by atoms with E-state index in [1.807, 2.05) is 19.9 Å². The highest BCUT2D eigenvalue weighted by Crippen LogP contribution is 2.28. The van der Waals surface area contributed by atoms with Crippen LogP contribution in [-0.2, 0) is 10.0 Å². The molecule has 0 aliphatic heterocycles. The molecule has 0 aliphatic carbocycles. The van der Waals surface area contributed by atoms with Gasteiger partial charge in [-0.3, -0.25) is 0 Å². The lowest BCUT2D eigenvalue weighted by atomic mass is 10.2. The number of hydrogen-bond acceptors (Lipinski definition) is 2. The zero-order valence-electron chi connectivity index (χ0n) is 10.3. The molecule has 18 heavy (non-hydrogen) atoms. The topological polar surface area (TPSA) is 53.2 Å². The molecule has 0 atom stereocenters. The summed E-state index contributed by atoms with van der Waals surface area (Å²) in [5.41, 5.74) is 0.815. The van der Waals surface area contributed by atoms with Gasteiger partial charge in [0.1, 0.15) is 0 Å². The number of nitrogens with zero attached hydrogens (tertiary/aromatic N) is 1. The molecule has 1 heterocycles. The van der Waals surface area contributed by atoms with Gasteiger partial charge in [0.05, 0.1) is 4.90 Å². The first-order valence-corrected chi connectivity index (χ1v) is 8.00. The van der Waals surface area contributed by atoms with Crippen LogP contribution in [0, 0.1) is 0 Å². The molecule has 0 bridgehead atoms. The molecule has 0 fully saturated rings. The van der Waals surface area contributed by atoms with Crippen molar-refractivity contribution in [1.82, 2.24) is 9.29 Å². The molecule has 1 aromatic heterocycles. The van der Waals surface area contributed by atoms with Gasteiger partial charge in [-0.1, -0.05) is 29.8 Å². The van der Waals surface area contributed by atoms with Gasteiger partial charge in [0, 0.05) is 34.7 Å². The normalized spacial score (nSPS) is 12.4. The second-order valence-electron chi connectivity index (χ2n) is 3.93. The van der Waals surface area contributed by atoms with Crippen molar-refractivity contribution >= 4 is 36.9 Å². The van der Waals surface area contributed by atoms with Crippen molar-refractivity contribution < 1.29 is 8.42 Å². The fourth-order valence-electron chi connectivity index (χ4n) is 1.96. The largest absolute Gasteiger partial charge is 0.361 e. The number of rotatable bonds is 4. The molecule has 0 amide bonds. The highest BCUT2D eigenvalue weighted by Gasteiger charge is 2.22. The van der Waals surface area contributed by atoms with Crippen molar-refractivity contribution in [2.45, 2.75) is 18.7 Å². The first kappa shape index (κ1) is 13.6. The highest BCUT2D eigenvalue weighted by atomic mass is 79.9. The standard InChI is InChI=1S/C12H15BrN2O2S/c1-3-15(4-2)18(16,17)9-7-11(13)10-5-6-14-12(10)8-9/h5-8,14H,3-4H2,1-2H3. The average molecular weight is 331 g/mol. The first-order chi connectivity index (χ1) is 8.50. The lowest BCUT2D eigenvalue weighted by Crippen LogP contribution is -2.30. The Morgan fingerprint density at radius 2 is 1.94 bits per heavy atom. The summed E-state index contributed by atoms with van der Waals surface area (Å²) in [7, 11) is -3.41. The fraction of sp³-hybridized carbons (Fsp3) is 0.333. The van der Waals surface area contributed by atoms with Crippen LogP contribution in [0.5, 0.6) is 0 Å². The Labute approximate surface area is 115 Å². The summed E-state index contributed by atoms with van der Waals surface area (Å²) >= 11 is 3.41. The van der Waals surface area contributed by atoms with Gasteiger partial charge in [0.15, 0.2) is 0 Å². The minimum atomic E-state index is -3.41. The van der Waals surface area contributed by atoms with Crippen LogP contribution in [0.25, 0.3) is 10.9 Å². The number of aromatic nitrogens is 1. The second kappa shape index (κ2) is 5.03. The molecule has 0 aliphatic rings. The molecular weight excluding hydrogens is 316 g/mol.